The smallest absolute Gasteiger partial charge is 0.358 e. The van der Waals surface area contributed by atoms with Crippen molar-refractivity contribution in [3.63, 3.8) is 0 Å². The van der Waals surface area contributed by atoms with Gasteiger partial charge in [0, 0.05) is 11.8 Å². The van der Waals surface area contributed by atoms with Gasteiger partial charge in [-0.3, -0.25) is 0 Å². The highest BCUT2D eigenvalue weighted by Crippen LogP contribution is 2.15. The monoisotopic (exact) mass is 263 g/mol. The Balaban J connectivity index is 2.46. The molecule has 0 unspecified atom stereocenters. The van der Waals surface area contributed by atoms with E-state index in [1.807, 2.05) is 6.92 Å². The number of carbonyl (C=O) groups is 1. The minimum Gasteiger partial charge on any atom is -0.478 e. The number of rotatable bonds is 4. The zero-order valence-electron chi connectivity index (χ0n) is 10.5. The standard InChI is InChI=1S/C11H13N5O3/c1-3-19-8-4-6(2)13-11(14-8)16-5-7(12)9(15-16)10(17)18/h4-5H,3,12H2,1-2H3,(H,17,18). The number of carboxylic acids is 1. The Morgan fingerprint density at radius 2 is 2.26 bits per heavy atom. The molecule has 8 heteroatoms. The summed E-state index contributed by atoms with van der Waals surface area (Å²) in [5, 5.41) is 12.7. The number of nitrogens with two attached hydrogens (primary N) is 1. The van der Waals surface area contributed by atoms with Crippen molar-refractivity contribution in [3.05, 3.63) is 23.7 Å². The summed E-state index contributed by atoms with van der Waals surface area (Å²) in [6.07, 6.45) is 1.36. The van der Waals surface area contributed by atoms with Crippen molar-refractivity contribution in [3.8, 4) is 11.8 Å². The van der Waals surface area contributed by atoms with Crippen molar-refractivity contribution in [1.29, 1.82) is 0 Å². The molecule has 0 radical (unpaired) electrons. The average Bonchev–Trinajstić information content (AvgIpc) is 2.71. The third-order valence-corrected chi connectivity index (χ3v) is 2.26. The van der Waals surface area contributed by atoms with E-state index in [-0.39, 0.29) is 17.3 Å². The molecule has 0 bridgehead atoms. The fourth-order valence-corrected chi connectivity index (χ4v) is 1.50. The number of ether oxygens (including phenoxy) is 1. The van der Waals surface area contributed by atoms with Crippen LogP contribution in [0.5, 0.6) is 5.88 Å². The molecule has 0 saturated carbocycles. The maximum Gasteiger partial charge on any atom is 0.358 e. The normalized spacial score (nSPS) is 10.4. The molecule has 8 nitrogen and oxygen atoms in total. The van der Waals surface area contributed by atoms with E-state index in [0.29, 0.717) is 18.2 Å². The lowest BCUT2D eigenvalue weighted by Crippen LogP contribution is -2.07. The topological polar surface area (TPSA) is 116 Å². The first kappa shape index (κ1) is 12.8. The summed E-state index contributed by atoms with van der Waals surface area (Å²) in [6.45, 7) is 4.09. The van der Waals surface area contributed by atoms with E-state index < -0.39 is 5.97 Å². The second-order valence-corrected chi connectivity index (χ2v) is 3.76. The van der Waals surface area contributed by atoms with Crippen molar-refractivity contribution in [1.82, 2.24) is 19.7 Å². The molecular weight excluding hydrogens is 250 g/mol. The van der Waals surface area contributed by atoms with Crippen molar-refractivity contribution in [2.75, 3.05) is 12.3 Å². The predicted octanol–water partition coefficient (Wildman–Crippen LogP) is 0.650. The van der Waals surface area contributed by atoms with Crippen LogP contribution in [0.15, 0.2) is 12.3 Å². The summed E-state index contributed by atoms with van der Waals surface area (Å²) in [4.78, 5) is 19.2. The molecule has 0 aliphatic carbocycles. The average molecular weight is 263 g/mol. The van der Waals surface area contributed by atoms with E-state index in [9.17, 15) is 4.79 Å². The molecule has 2 heterocycles. The molecule has 0 aromatic carbocycles. The SMILES string of the molecule is CCOc1cc(C)nc(-n2cc(N)c(C(=O)O)n2)n1. The number of hydrogen-bond acceptors (Lipinski definition) is 6. The van der Waals surface area contributed by atoms with Crippen molar-refractivity contribution in [2.45, 2.75) is 13.8 Å². The fraction of sp³-hybridized carbons (Fsp3) is 0.273. The summed E-state index contributed by atoms with van der Waals surface area (Å²) in [5.74, 6) is -0.590. The van der Waals surface area contributed by atoms with E-state index >= 15 is 0 Å². The van der Waals surface area contributed by atoms with E-state index in [2.05, 4.69) is 15.1 Å². The van der Waals surface area contributed by atoms with Crippen LogP contribution in [0.2, 0.25) is 0 Å². The first-order chi connectivity index (χ1) is 9.01. The van der Waals surface area contributed by atoms with Gasteiger partial charge in [-0.25, -0.2) is 14.5 Å². The highest BCUT2D eigenvalue weighted by Gasteiger charge is 2.15. The molecule has 0 atom stereocenters. The summed E-state index contributed by atoms with van der Waals surface area (Å²) in [5.41, 5.74) is 6.06. The molecule has 2 aromatic rings. The second-order valence-electron chi connectivity index (χ2n) is 3.76. The first-order valence-electron chi connectivity index (χ1n) is 5.58. The molecular formula is C11H13N5O3. The quantitative estimate of drug-likeness (QED) is 0.831. The van der Waals surface area contributed by atoms with Crippen LogP contribution in [0.3, 0.4) is 0 Å². The van der Waals surface area contributed by atoms with Crippen LogP contribution < -0.4 is 10.5 Å². The van der Waals surface area contributed by atoms with Crippen LogP contribution in [-0.2, 0) is 0 Å². The second kappa shape index (κ2) is 4.92. The Morgan fingerprint density at radius 1 is 1.53 bits per heavy atom. The van der Waals surface area contributed by atoms with Crippen molar-refractivity contribution in [2.24, 2.45) is 0 Å². The van der Waals surface area contributed by atoms with Gasteiger partial charge in [0.2, 0.25) is 5.88 Å². The lowest BCUT2D eigenvalue weighted by molar-refractivity contribution is 0.0691. The lowest BCUT2D eigenvalue weighted by Gasteiger charge is -2.05. The molecule has 19 heavy (non-hydrogen) atoms. The van der Waals surface area contributed by atoms with Crippen molar-refractivity contribution < 1.29 is 14.6 Å². The van der Waals surface area contributed by atoms with Crippen LogP contribution in [0, 0.1) is 6.92 Å². The number of nitrogens with zero attached hydrogens (tertiary/aromatic N) is 4. The fourth-order valence-electron chi connectivity index (χ4n) is 1.50. The Kier molecular flexibility index (Phi) is 3.32. The molecule has 0 aliphatic rings. The summed E-state index contributed by atoms with van der Waals surface area (Å²) in [7, 11) is 0. The number of nitrogen functional groups attached to an aromatic ring is 1. The zero-order valence-corrected chi connectivity index (χ0v) is 10.5. The Labute approximate surface area is 108 Å². The molecule has 0 aliphatic heterocycles. The van der Waals surface area contributed by atoms with E-state index in [1.54, 1.807) is 13.0 Å². The molecule has 0 saturated heterocycles. The maximum atomic E-state index is 10.9. The van der Waals surface area contributed by atoms with Crippen LogP contribution in [-0.4, -0.2) is 37.4 Å². The zero-order chi connectivity index (χ0) is 14.0. The molecule has 3 N–H and O–H groups in total. The van der Waals surface area contributed by atoms with Gasteiger partial charge in [0.1, 0.15) is 0 Å². The maximum absolute atomic E-state index is 10.9. The van der Waals surface area contributed by atoms with Crippen LogP contribution in [0.25, 0.3) is 5.95 Å². The van der Waals surface area contributed by atoms with E-state index in [4.69, 9.17) is 15.6 Å². The first-order valence-corrected chi connectivity index (χ1v) is 5.58. The largest absolute Gasteiger partial charge is 0.478 e. The van der Waals surface area contributed by atoms with Crippen LogP contribution in [0.1, 0.15) is 23.1 Å². The third-order valence-electron chi connectivity index (χ3n) is 2.26. The predicted molar refractivity (Wildman–Crippen MR) is 66.4 cm³/mol. The number of aromatic nitrogens is 4. The number of aryl methyl sites for hydroxylation is 1. The summed E-state index contributed by atoms with van der Waals surface area (Å²) >= 11 is 0. The number of hydrogen-bond donors (Lipinski definition) is 2. The Bertz CT molecular complexity index is 623. The van der Waals surface area contributed by atoms with Gasteiger partial charge in [-0.05, 0) is 13.8 Å². The van der Waals surface area contributed by atoms with E-state index in [1.165, 1.54) is 10.9 Å². The van der Waals surface area contributed by atoms with Gasteiger partial charge in [0.05, 0.1) is 18.5 Å². The Hall–Kier alpha value is -2.64. The van der Waals surface area contributed by atoms with E-state index in [0.717, 1.165) is 0 Å². The van der Waals surface area contributed by atoms with Gasteiger partial charge in [0.15, 0.2) is 5.69 Å². The molecule has 2 rings (SSSR count). The Morgan fingerprint density at radius 3 is 2.84 bits per heavy atom. The molecule has 2 aromatic heterocycles. The molecule has 100 valence electrons. The lowest BCUT2D eigenvalue weighted by atomic mass is 10.4. The summed E-state index contributed by atoms with van der Waals surface area (Å²) < 4.78 is 6.51. The molecule has 0 amide bonds. The van der Waals surface area contributed by atoms with Crippen LogP contribution >= 0.6 is 0 Å². The highest BCUT2D eigenvalue weighted by molar-refractivity contribution is 5.91. The van der Waals surface area contributed by atoms with Gasteiger partial charge in [-0.15, -0.1) is 0 Å². The minimum atomic E-state index is -1.20. The third kappa shape index (κ3) is 2.62. The molecule has 0 spiro atoms. The van der Waals surface area contributed by atoms with Gasteiger partial charge in [-0.1, -0.05) is 0 Å². The van der Waals surface area contributed by atoms with Gasteiger partial charge in [-0.2, -0.15) is 10.1 Å². The van der Waals surface area contributed by atoms with Crippen LogP contribution in [0.4, 0.5) is 5.69 Å². The highest BCUT2D eigenvalue weighted by atomic mass is 16.5. The van der Waals surface area contributed by atoms with Gasteiger partial charge in [0.25, 0.3) is 5.95 Å². The number of carboxylic acid groups (broad SMARTS) is 1. The molecule has 0 fully saturated rings. The summed E-state index contributed by atoms with van der Waals surface area (Å²) in [6, 6.07) is 1.68. The minimum absolute atomic E-state index is 0.0515. The van der Waals surface area contributed by atoms with Gasteiger partial charge >= 0.3 is 5.97 Å². The number of aromatic carboxylic acids is 1. The van der Waals surface area contributed by atoms with Gasteiger partial charge < -0.3 is 15.6 Å². The number of anilines is 1. The van der Waals surface area contributed by atoms with Crippen molar-refractivity contribution >= 4 is 11.7 Å².